The Bertz CT molecular complexity index is 1320. The molecule has 148 valence electrons. The molecule has 0 saturated carbocycles. The Morgan fingerprint density at radius 2 is 0.645 bits per heavy atom. The van der Waals surface area contributed by atoms with Gasteiger partial charge < -0.3 is 5.73 Å². The van der Waals surface area contributed by atoms with Crippen LogP contribution in [-0.2, 0) is 0 Å². The highest BCUT2D eigenvalue weighted by molar-refractivity contribution is 5.97. The second-order valence-corrected chi connectivity index (χ2v) is 7.59. The van der Waals surface area contributed by atoms with E-state index in [9.17, 15) is 0 Å². The highest BCUT2D eigenvalue weighted by Gasteiger charge is 2.15. The van der Waals surface area contributed by atoms with E-state index in [1.807, 2.05) is 18.2 Å². The van der Waals surface area contributed by atoms with Gasteiger partial charge in [-0.3, -0.25) is 0 Å². The highest BCUT2D eigenvalue weighted by Crippen LogP contribution is 2.41. The first-order chi connectivity index (χ1) is 15.3. The molecule has 5 aromatic carbocycles. The zero-order valence-corrected chi connectivity index (χ0v) is 17.2. The van der Waals surface area contributed by atoms with Gasteiger partial charge >= 0.3 is 0 Å². The van der Waals surface area contributed by atoms with Gasteiger partial charge in [0, 0.05) is 16.8 Å². The summed E-state index contributed by atoms with van der Waals surface area (Å²) in [6, 6.07) is 44.3. The van der Waals surface area contributed by atoms with Gasteiger partial charge in [-0.05, 0) is 33.4 Å². The van der Waals surface area contributed by atoms with E-state index < -0.39 is 0 Å². The quantitative estimate of drug-likeness (QED) is 0.306. The lowest BCUT2D eigenvalue weighted by atomic mass is 9.88. The van der Waals surface area contributed by atoms with Gasteiger partial charge in [0.15, 0.2) is 0 Å². The number of anilines is 1. The fourth-order valence-corrected chi connectivity index (χ4v) is 4.21. The van der Waals surface area contributed by atoms with Crippen molar-refractivity contribution in [1.82, 2.24) is 0 Å². The number of nitrogen functional groups attached to an aromatic ring is 1. The summed E-state index contributed by atoms with van der Waals surface area (Å²) < 4.78 is 0. The van der Waals surface area contributed by atoms with Crippen LogP contribution < -0.4 is 5.73 Å². The minimum Gasteiger partial charge on any atom is -0.398 e. The Kier molecular flexibility index (Phi) is 5.08. The third kappa shape index (κ3) is 3.62. The highest BCUT2D eigenvalue weighted by atomic mass is 14.6. The van der Waals surface area contributed by atoms with E-state index in [1.165, 1.54) is 22.3 Å². The van der Waals surface area contributed by atoms with E-state index in [2.05, 4.69) is 109 Å². The smallest absolute Gasteiger partial charge is 0.0473 e. The maximum atomic E-state index is 6.74. The molecule has 1 heteroatoms. The van der Waals surface area contributed by atoms with Crippen LogP contribution in [0.1, 0.15) is 0 Å². The van der Waals surface area contributed by atoms with Crippen LogP contribution in [0.15, 0.2) is 127 Å². The van der Waals surface area contributed by atoms with Crippen molar-refractivity contribution in [2.45, 2.75) is 0 Å². The topological polar surface area (TPSA) is 26.0 Å². The predicted molar refractivity (Wildman–Crippen MR) is 133 cm³/mol. The molecule has 5 aromatic rings. The molecule has 0 radical (unpaired) electrons. The van der Waals surface area contributed by atoms with Crippen LogP contribution in [0.2, 0.25) is 0 Å². The van der Waals surface area contributed by atoms with Crippen molar-refractivity contribution >= 4 is 5.69 Å². The number of para-hydroxylation sites is 1. The van der Waals surface area contributed by atoms with Crippen LogP contribution in [0.25, 0.3) is 44.5 Å². The van der Waals surface area contributed by atoms with E-state index in [0.717, 1.165) is 27.9 Å². The third-order valence-electron chi connectivity index (χ3n) is 5.71. The van der Waals surface area contributed by atoms with Gasteiger partial charge in [0.25, 0.3) is 0 Å². The number of nitrogens with two attached hydrogens (primary N) is 1. The first-order valence-corrected chi connectivity index (χ1v) is 10.5. The number of hydrogen-bond acceptors (Lipinski definition) is 1. The van der Waals surface area contributed by atoms with Crippen LogP contribution >= 0.6 is 0 Å². The predicted octanol–water partition coefficient (Wildman–Crippen LogP) is 7.94. The maximum Gasteiger partial charge on any atom is 0.0473 e. The molecule has 0 aliphatic heterocycles. The molecular formula is C30H23N. The van der Waals surface area contributed by atoms with Crippen molar-refractivity contribution in [3.8, 4) is 44.5 Å². The Hall–Kier alpha value is -4.10. The van der Waals surface area contributed by atoms with Crippen LogP contribution in [-0.4, -0.2) is 0 Å². The molecule has 0 unspecified atom stereocenters. The second-order valence-electron chi connectivity index (χ2n) is 7.59. The molecule has 5 rings (SSSR count). The molecular weight excluding hydrogens is 374 g/mol. The summed E-state index contributed by atoms with van der Waals surface area (Å²) in [5, 5.41) is 0. The number of rotatable bonds is 4. The van der Waals surface area contributed by atoms with Crippen molar-refractivity contribution in [3.05, 3.63) is 127 Å². The van der Waals surface area contributed by atoms with Crippen LogP contribution in [0, 0.1) is 0 Å². The van der Waals surface area contributed by atoms with E-state index in [1.54, 1.807) is 0 Å². The van der Waals surface area contributed by atoms with E-state index in [0.29, 0.717) is 0 Å². The summed E-state index contributed by atoms with van der Waals surface area (Å²) in [4.78, 5) is 0. The molecule has 0 atom stereocenters. The lowest BCUT2D eigenvalue weighted by Gasteiger charge is -2.17. The molecule has 0 spiro atoms. The zero-order valence-electron chi connectivity index (χ0n) is 17.2. The third-order valence-corrected chi connectivity index (χ3v) is 5.71. The molecule has 0 amide bonds. The van der Waals surface area contributed by atoms with Crippen molar-refractivity contribution in [2.75, 3.05) is 5.73 Å². The fourth-order valence-electron chi connectivity index (χ4n) is 4.21. The molecule has 0 saturated heterocycles. The Labute approximate surface area is 183 Å². The lowest BCUT2D eigenvalue weighted by Crippen LogP contribution is -1.96. The van der Waals surface area contributed by atoms with Gasteiger partial charge in [0.2, 0.25) is 0 Å². The Morgan fingerprint density at radius 1 is 0.290 bits per heavy atom. The second kappa shape index (κ2) is 8.33. The molecule has 0 bridgehead atoms. The minimum absolute atomic E-state index is 0.804. The molecule has 0 aliphatic rings. The lowest BCUT2D eigenvalue weighted by molar-refractivity contribution is 1.55. The monoisotopic (exact) mass is 397 g/mol. The first kappa shape index (κ1) is 18.9. The molecule has 0 fully saturated rings. The van der Waals surface area contributed by atoms with Gasteiger partial charge in [0.1, 0.15) is 0 Å². The van der Waals surface area contributed by atoms with Crippen molar-refractivity contribution in [1.29, 1.82) is 0 Å². The van der Waals surface area contributed by atoms with Crippen molar-refractivity contribution < 1.29 is 0 Å². The number of benzene rings is 5. The van der Waals surface area contributed by atoms with Crippen molar-refractivity contribution in [2.24, 2.45) is 0 Å². The van der Waals surface area contributed by atoms with Gasteiger partial charge in [-0.15, -0.1) is 0 Å². The number of hydrogen-bond donors (Lipinski definition) is 1. The molecule has 31 heavy (non-hydrogen) atoms. The van der Waals surface area contributed by atoms with Crippen LogP contribution in [0.3, 0.4) is 0 Å². The van der Waals surface area contributed by atoms with Crippen LogP contribution in [0.4, 0.5) is 5.69 Å². The molecule has 1 nitrogen and oxygen atoms in total. The van der Waals surface area contributed by atoms with Crippen molar-refractivity contribution in [3.63, 3.8) is 0 Å². The van der Waals surface area contributed by atoms with Gasteiger partial charge in [-0.25, -0.2) is 0 Å². The first-order valence-electron chi connectivity index (χ1n) is 10.5. The maximum absolute atomic E-state index is 6.74. The molecule has 0 heterocycles. The summed E-state index contributed by atoms with van der Waals surface area (Å²) in [6.45, 7) is 0. The van der Waals surface area contributed by atoms with Gasteiger partial charge in [-0.1, -0.05) is 127 Å². The Morgan fingerprint density at radius 3 is 1.23 bits per heavy atom. The summed E-state index contributed by atoms with van der Waals surface area (Å²) >= 11 is 0. The molecule has 0 aliphatic carbocycles. The summed E-state index contributed by atoms with van der Waals surface area (Å²) in [5.74, 6) is 0. The normalized spacial score (nSPS) is 10.7. The average molecular weight is 398 g/mol. The fraction of sp³-hybridized carbons (Fsp3) is 0. The minimum atomic E-state index is 0.804. The van der Waals surface area contributed by atoms with E-state index in [4.69, 9.17) is 5.73 Å². The summed E-state index contributed by atoms with van der Waals surface area (Å²) in [5.41, 5.74) is 16.7. The standard InChI is InChI=1S/C30H23N/c31-30-25(23-14-5-2-6-15-23)20-11-21-29(30)28-19-10-9-18-27(28)26-17-8-7-16-24(26)22-12-3-1-4-13-22/h1-21H,31H2. The molecule has 2 N–H and O–H groups in total. The SMILES string of the molecule is Nc1c(-c2ccccc2)cccc1-c1ccccc1-c1ccccc1-c1ccccc1. The largest absolute Gasteiger partial charge is 0.398 e. The zero-order chi connectivity index (χ0) is 21.0. The van der Waals surface area contributed by atoms with Gasteiger partial charge in [0.05, 0.1) is 0 Å². The van der Waals surface area contributed by atoms with E-state index in [-0.39, 0.29) is 0 Å². The van der Waals surface area contributed by atoms with E-state index >= 15 is 0 Å². The summed E-state index contributed by atoms with van der Waals surface area (Å²) in [6.07, 6.45) is 0. The molecule has 0 aromatic heterocycles. The average Bonchev–Trinajstić information content (AvgIpc) is 2.85. The summed E-state index contributed by atoms with van der Waals surface area (Å²) in [7, 11) is 0. The van der Waals surface area contributed by atoms with Gasteiger partial charge in [-0.2, -0.15) is 0 Å². The van der Waals surface area contributed by atoms with Crippen LogP contribution in [0.5, 0.6) is 0 Å². The Balaban J connectivity index is 1.70.